The highest BCUT2D eigenvalue weighted by Crippen LogP contribution is 2.04. The Hall–Kier alpha value is -2.04. The number of hydrogen-bond acceptors (Lipinski definition) is 3. The third-order valence-corrected chi connectivity index (χ3v) is 2.16. The monoisotopic (exact) mass is 237 g/mol. The number of aromatic carboxylic acids is 1. The van der Waals surface area contributed by atoms with E-state index < -0.39 is 12.1 Å². The molecule has 5 nitrogen and oxygen atoms in total. The van der Waals surface area contributed by atoms with Crippen LogP contribution in [0.5, 0.6) is 0 Å². The largest absolute Gasteiger partial charge is 0.478 e. The number of carbonyl (C=O) groups is 2. The fraction of sp³-hybridized carbons (Fsp3) is 0.333. The molecule has 0 aromatic heterocycles. The van der Waals surface area contributed by atoms with Crippen LogP contribution in [0.3, 0.4) is 0 Å². The fourth-order valence-corrected chi connectivity index (χ4v) is 1.31. The first-order valence-corrected chi connectivity index (χ1v) is 5.36. The van der Waals surface area contributed by atoms with Gasteiger partial charge in [-0.2, -0.15) is 0 Å². The van der Waals surface area contributed by atoms with Gasteiger partial charge in [-0.15, -0.1) is 0 Å². The van der Waals surface area contributed by atoms with E-state index in [1.54, 1.807) is 31.2 Å². The van der Waals surface area contributed by atoms with Crippen LogP contribution < -0.4 is 5.32 Å². The van der Waals surface area contributed by atoms with Crippen LogP contribution in [0.4, 0.5) is 4.79 Å². The third kappa shape index (κ3) is 4.55. The lowest BCUT2D eigenvalue weighted by Crippen LogP contribution is -2.26. The minimum Gasteiger partial charge on any atom is -0.478 e. The van der Waals surface area contributed by atoms with Crippen LogP contribution in [-0.4, -0.2) is 30.3 Å². The van der Waals surface area contributed by atoms with Gasteiger partial charge < -0.3 is 15.2 Å². The van der Waals surface area contributed by atoms with Crippen molar-refractivity contribution < 1.29 is 19.4 Å². The smallest absolute Gasteiger partial charge is 0.407 e. The summed E-state index contributed by atoms with van der Waals surface area (Å²) in [6.07, 6.45) is 0.202. The fourth-order valence-electron chi connectivity index (χ4n) is 1.31. The second-order valence-electron chi connectivity index (χ2n) is 3.40. The van der Waals surface area contributed by atoms with Crippen LogP contribution in [0, 0.1) is 0 Å². The van der Waals surface area contributed by atoms with Crippen LogP contribution in [-0.2, 0) is 11.2 Å². The molecule has 0 aliphatic heterocycles. The Labute approximate surface area is 99.4 Å². The molecule has 0 fully saturated rings. The Bertz CT molecular complexity index is 386. The SMILES string of the molecule is CCOC(=O)NCCc1ccc(C(=O)O)cc1. The van der Waals surface area contributed by atoms with E-state index in [2.05, 4.69) is 5.32 Å². The molecule has 17 heavy (non-hydrogen) atoms. The Morgan fingerprint density at radius 2 is 1.94 bits per heavy atom. The lowest BCUT2D eigenvalue weighted by molar-refractivity contribution is 0.0697. The number of hydrogen-bond donors (Lipinski definition) is 2. The Kier molecular flexibility index (Phi) is 5.00. The molecule has 1 aromatic rings. The molecule has 1 aromatic carbocycles. The molecule has 0 spiro atoms. The molecule has 0 saturated carbocycles. The van der Waals surface area contributed by atoms with Gasteiger partial charge in [-0.25, -0.2) is 9.59 Å². The quantitative estimate of drug-likeness (QED) is 0.816. The molecule has 5 heteroatoms. The zero-order chi connectivity index (χ0) is 12.7. The van der Waals surface area contributed by atoms with E-state index in [1.165, 1.54) is 0 Å². The predicted molar refractivity (Wildman–Crippen MR) is 62.1 cm³/mol. The molecular weight excluding hydrogens is 222 g/mol. The molecule has 1 amide bonds. The first-order chi connectivity index (χ1) is 8.13. The maximum Gasteiger partial charge on any atom is 0.407 e. The van der Waals surface area contributed by atoms with Crippen molar-refractivity contribution in [2.75, 3.05) is 13.2 Å². The molecule has 0 saturated heterocycles. The molecule has 0 heterocycles. The van der Waals surface area contributed by atoms with Crippen molar-refractivity contribution in [3.63, 3.8) is 0 Å². The number of alkyl carbamates (subject to hydrolysis) is 1. The third-order valence-electron chi connectivity index (χ3n) is 2.16. The van der Waals surface area contributed by atoms with E-state index in [1.807, 2.05) is 0 Å². The lowest BCUT2D eigenvalue weighted by Gasteiger charge is -2.05. The summed E-state index contributed by atoms with van der Waals surface area (Å²) < 4.78 is 4.70. The van der Waals surface area contributed by atoms with Gasteiger partial charge in [0.05, 0.1) is 12.2 Å². The topological polar surface area (TPSA) is 75.6 Å². The summed E-state index contributed by atoms with van der Waals surface area (Å²) in [5.74, 6) is -0.943. The lowest BCUT2D eigenvalue weighted by atomic mass is 10.1. The van der Waals surface area contributed by atoms with E-state index >= 15 is 0 Å². The first kappa shape index (κ1) is 13.0. The average Bonchev–Trinajstić information content (AvgIpc) is 2.30. The molecule has 0 atom stereocenters. The van der Waals surface area contributed by atoms with Gasteiger partial charge >= 0.3 is 12.1 Å². The molecular formula is C12H15NO4. The summed E-state index contributed by atoms with van der Waals surface area (Å²) in [7, 11) is 0. The number of benzene rings is 1. The number of ether oxygens (including phenoxy) is 1. The summed E-state index contributed by atoms with van der Waals surface area (Å²) in [6, 6.07) is 6.55. The van der Waals surface area contributed by atoms with Gasteiger partial charge in [-0.1, -0.05) is 12.1 Å². The van der Waals surface area contributed by atoms with Crippen LogP contribution in [0.1, 0.15) is 22.8 Å². The van der Waals surface area contributed by atoms with Gasteiger partial charge in [0, 0.05) is 6.54 Å². The van der Waals surface area contributed by atoms with Gasteiger partial charge in [0.2, 0.25) is 0 Å². The van der Waals surface area contributed by atoms with Crippen LogP contribution in [0.25, 0.3) is 0 Å². The Balaban J connectivity index is 2.37. The summed E-state index contributed by atoms with van der Waals surface area (Å²) in [5, 5.41) is 11.3. The van der Waals surface area contributed by atoms with Crippen molar-refractivity contribution in [2.45, 2.75) is 13.3 Å². The van der Waals surface area contributed by atoms with Crippen LogP contribution in [0.15, 0.2) is 24.3 Å². The van der Waals surface area contributed by atoms with Gasteiger partial charge in [0.15, 0.2) is 0 Å². The number of nitrogens with one attached hydrogen (secondary N) is 1. The maximum absolute atomic E-state index is 11.0. The predicted octanol–water partition coefficient (Wildman–Crippen LogP) is 1.67. The van der Waals surface area contributed by atoms with E-state index in [0.29, 0.717) is 19.6 Å². The van der Waals surface area contributed by atoms with Crippen LogP contribution in [0.2, 0.25) is 0 Å². The second-order valence-corrected chi connectivity index (χ2v) is 3.40. The van der Waals surface area contributed by atoms with Crippen LogP contribution >= 0.6 is 0 Å². The summed E-state index contributed by atoms with van der Waals surface area (Å²) in [4.78, 5) is 21.6. The van der Waals surface area contributed by atoms with Crippen molar-refractivity contribution in [1.29, 1.82) is 0 Å². The zero-order valence-corrected chi connectivity index (χ0v) is 9.60. The summed E-state index contributed by atoms with van der Waals surface area (Å²) >= 11 is 0. The number of carboxylic acids is 1. The highest BCUT2D eigenvalue weighted by molar-refractivity contribution is 5.87. The second kappa shape index (κ2) is 6.52. The number of rotatable bonds is 5. The molecule has 2 N–H and O–H groups in total. The van der Waals surface area contributed by atoms with Crippen molar-refractivity contribution in [3.8, 4) is 0 Å². The normalized spacial score (nSPS) is 9.71. The highest BCUT2D eigenvalue weighted by Gasteiger charge is 2.02. The van der Waals surface area contributed by atoms with E-state index in [9.17, 15) is 9.59 Å². The molecule has 0 aliphatic carbocycles. The first-order valence-electron chi connectivity index (χ1n) is 5.36. The minimum atomic E-state index is -0.943. The van der Waals surface area contributed by atoms with Gasteiger partial charge in [0.25, 0.3) is 0 Å². The molecule has 0 radical (unpaired) electrons. The van der Waals surface area contributed by atoms with Crippen molar-refractivity contribution in [2.24, 2.45) is 0 Å². The maximum atomic E-state index is 11.0. The summed E-state index contributed by atoms with van der Waals surface area (Å²) in [5.41, 5.74) is 1.22. The van der Waals surface area contributed by atoms with Gasteiger partial charge in [-0.3, -0.25) is 0 Å². The Morgan fingerprint density at radius 1 is 1.29 bits per heavy atom. The number of amides is 1. The van der Waals surface area contributed by atoms with Crippen molar-refractivity contribution in [1.82, 2.24) is 5.32 Å². The number of carbonyl (C=O) groups excluding carboxylic acids is 1. The van der Waals surface area contributed by atoms with Gasteiger partial charge in [-0.05, 0) is 31.0 Å². The zero-order valence-electron chi connectivity index (χ0n) is 9.60. The molecule has 0 bridgehead atoms. The highest BCUT2D eigenvalue weighted by atomic mass is 16.5. The van der Waals surface area contributed by atoms with E-state index in [4.69, 9.17) is 9.84 Å². The van der Waals surface area contributed by atoms with Crippen molar-refractivity contribution in [3.05, 3.63) is 35.4 Å². The molecule has 0 unspecified atom stereocenters. The standard InChI is InChI=1S/C12H15NO4/c1-2-17-12(16)13-8-7-9-3-5-10(6-4-9)11(14)15/h3-6H,2,7-8H2,1H3,(H,13,16)(H,14,15). The van der Waals surface area contributed by atoms with Gasteiger partial charge in [0.1, 0.15) is 0 Å². The minimum absolute atomic E-state index is 0.257. The van der Waals surface area contributed by atoms with E-state index in [-0.39, 0.29) is 5.56 Å². The average molecular weight is 237 g/mol. The van der Waals surface area contributed by atoms with E-state index in [0.717, 1.165) is 5.56 Å². The van der Waals surface area contributed by atoms with Crippen molar-refractivity contribution >= 4 is 12.1 Å². The molecule has 92 valence electrons. The Morgan fingerprint density at radius 3 is 2.47 bits per heavy atom. The molecule has 0 aliphatic rings. The molecule has 1 rings (SSSR count). The summed E-state index contributed by atoms with van der Waals surface area (Å²) in [6.45, 7) is 2.55. The number of carboxylic acid groups (broad SMARTS) is 1.